The number of ether oxygens (including phenoxy) is 2. The number of halogens is 2. The fraction of sp³-hybridized carbons (Fsp3) is 0.0400. The number of rotatable bonds is 6. The fourth-order valence-corrected chi connectivity index (χ4v) is 4.59. The number of benzene rings is 3. The Morgan fingerprint density at radius 3 is 2.42 bits per heavy atom. The predicted molar refractivity (Wildman–Crippen MR) is 141 cm³/mol. The van der Waals surface area contributed by atoms with Crippen LogP contribution in [0.2, 0.25) is 10.0 Å². The average Bonchev–Trinajstić information content (AvgIpc) is 3.22. The third-order valence-electron chi connectivity index (χ3n) is 4.80. The van der Waals surface area contributed by atoms with E-state index in [0.717, 1.165) is 10.1 Å². The quantitative estimate of drug-likeness (QED) is 0.110. The zero-order valence-electron chi connectivity index (χ0n) is 18.6. The summed E-state index contributed by atoms with van der Waals surface area (Å²) in [4.78, 5) is 37.0. The molecule has 2 amide bonds. The third kappa shape index (κ3) is 5.83. The highest BCUT2D eigenvalue weighted by Gasteiger charge is 2.20. The molecule has 0 aliphatic rings. The number of hydrazone groups is 1. The first kappa shape index (κ1) is 25.2. The molecule has 1 aromatic heterocycles. The van der Waals surface area contributed by atoms with Gasteiger partial charge in [0.05, 0.1) is 18.3 Å². The molecule has 0 aliphatic heterocycles. The van der Waals surface area contributed by atoms with Gasteiger partial charge in [-0.05, 0) is 54.1 Å². The lowest BCUT2D eigenvalue weighted by molar-refractivity contribution is -0.136. The highest BCUT2D eigenvalue weighted by atomic mass is 35.5. The van der Waals surface area contributed by atoms with Crippen LogP contribution in [0.15, 0.2) is 71.8 Å². The van der Waals surface area contributed by atoms with Gasteiger partial charge in [-0.2, -0.15) is 5.10 Å². The number of anilines is 1. The van der Waals surface area contributed by atoms with Crippen LogP contribution in [0.25, 0.3) is 10.1 Å². The minimum absolute atomic E-state index is 0.180. The first-order chi connectivity index (χ1) is 17.4. The smallest absolute Gasteiger partial charge is 0.355 e. The van der Waals surface area contributed by atoms with Crippen LogP contribution in [-0.2, 0) is 9.59 Å². The molecule has 0 spiro atoms. The summed E-state index contributed by atoms with van der Waals surface area (Å²) in [5, 5.41) is 7.82. The molecule has 0 saturated heterocycles. The van der Waals surface area contributed by atoms with Gasteiger partial charge in [-0.1, -0.05) is 41.4 Å². The van der Waals surface area contributed by atoms with Gasteiger partial charge in [0, 0.05) is 20.8 Å². The van der Waals surface area contributed by atoms with E-state index in [-0.39, 0.29) is 16.4 Å². The number of amides is 2. The van der Waals surface area contributed by atoms with Gasteiger partial charge in [-0.3, -0.25) is 9.59 Å². The van der Waals surface area contributed by atoms with E-state index in [9.17, 15) is 14.4 Å². The maximum Gasteiger partial charge on any atom is 0.355 e. The molecule has 8 nitrogen and oxygen atoms in total. The summed E-state index contributed by atoms with van der Waals surface area (Å²) in [6.45, 7) is 0. The molecule has 3 aromatic carbocycles. The standard InChI is InChI=1S/C25H17Cl2N3O5S/c1-34-19-12-14(13-28-30-24(32)23(31)29-16-9-7-15(26)8-10-16)6-11-18(19)35-25(33)22-21(27)17-4-2-3-5-20(17)36-22/h2-13H,1H3,(H,29,31)(H,30,32)/b28-13-. The number of nitrogens with zero attached hydrogens (tertiary/aromatic N) is 1. The van der Waals surface area contributed by atoms with Crippen LogP contribution in [0.1, 0.15) is 15.2 Å². The highest BCUT2D eigenvalue weighted by Crippen LogP contribution is 2.37. The molecule has 2 N–H and O–H groups in total. The highest BCUT2D eigenvalue weighted by molar-refractivity contribution is 7.21. The van der Waals surface area contributed by atoms with Crippen LogP contribution >= 0.6 is 34.5 Å². The Kier molecular flexibility index (Phi) is 7.84. The third-order valence-corrected chi connectivity index (χ3v) is 6.71. The van der Waals surface area contributed by atoms with Crippen LogP contribution in [0.5, 0.6) is 11.5 Å². The SMILES string of the molecule is COc1cc(/C=N\NC(=O)C(=O)Nc2ccc(Cl)cc2)ccc1OC(=O)c1sc2ccccc2c1Cl. The van der Waals surface area contributed by atoms with Crippen molar-refractivity contribution < 1.29 is 23.9 Å². The van der Waals surface area contributed by atoms with Gasteiger partial charge in [0.25, 0.3) is 0 Å². The summed E-state index contributed by atoms with van der Waals surface area (Å²) < 4.78 is 11.7. The van der Waals surface area contributed by atoms with Crippen molar-refractivity contribution in [2.75, 3.05) is 12.4 Å². The monoisotopic (exact) mass is 541 g/mol. The van der Waals surface area contributed by atoms with Crippen LogP contribution in [0.3, 0.4) is 0 Å². The molecular weight excluding hydrogens is 525 g/mol. The first-order valence-corrected chi connectivity index (χ1v) is 11.9. The van der Waals surface area contributed by atoms with Crippen molar-refractivity contribution in [3.8, 4) is 11.5 Å². The fourth-order valence-electron chi connectivity index (χ4n) is 3.08. The number of carbonyl (C=O) groups excluding carboxylic acids is 3. The van der Waals surface area contributed by atoms with Crippen LogP contribution in [-0.4, -0.2) is 31.1 Å². The Morgan fingerprint density at radius 2 is 1.69 bits per heavy atom. The van der Waals surface area contributed by atoms with Crippen molar-refractivity contribution in [1.82, 2.24) is 5.43 Å². The van der Waals surface area contributed by atoms with Gasteiger partial charge in [-0.25, -0.2) is 10.2 Å². The normalized spacial score (nSPS) is 10.9. The number of hydrogen-bond donors (Lipinski definition) is 2. The molecule has 4 aromatic rings. The number of nitrogens with one attached hydrogen (secondary N) is 2. The summed E-state index contributed by atoms with van der Waals surface area (Å²) in [5.74, 6) is -2.02. The van der Waals surface area contributed by atoms with Crippen molar-refractivity contribution in [2.24, 2.45) is 5.10 Å². The predicted octanol–water partition coefficient (Wildman–Crippen LogP) is 5.52. The van der Waals surface area contributed by atoms with Gasteiger partial charge in [0.2, 0.25) is 0 Å². The molecule has 1 heterocycles. The van der Waals surface area contributed by atoms with Crippen LogP contribution in [0, 0.1) is 0 Å². The molecule has 36 heavy (non-hydrogen) atoms. The molecule has 182 valence electrons. The molecule has 4 rings (SSSR count). The van der Waals surface area contributed by atoms with Gasteiger partial charge in [0.15, 0.2) is 11.5 Å². The van der Waals surface area contributed by atoms with Gasteiger partial charge >= 0.3 is 17.8 Å². The molecule has 0 fully saturated rings. The second kappa shape index (κ2) is 11.2. The van der Waals surface area contributed by atoms with Crippen LogP contribution in [0.4, 0.5) is 5.69 Å². The van der Waals surface area contributed by atoms with E-state index in [0.29, 0.717) is 21.3 Å². The lowest BCUT2D eigenvalue weighted by Crippen LogP contribution is -2.32. The molecule has 11 heteroatoms. The maximum absolute atomic E-state index is 12.7. The molecule has 0 bridgehead atoms. The van der Waals surface area contributed by atoms with Gasteiger partial charge in [0.1, 0.15) is 4.88 Å². The number of methoxy groups -OCH3 is 1. The summed E-state index contributed by atoms with van der Waals surface area (Å²) in [6, 6.07) is 18.4. The van der Waals surface area contributed by atoms with Crippen molar-refractivity contribution >= 4 is 74.3 Å². The topological polar surface area (TPSA) is 106 Å². The summed E-state index contributed by atoms with van der Waals surface area (Å²) in [7, 11) is 1.42. The first-order valence-electron chi connectivity index (χ1n) is 10.3. The van der Waals surface area contributed by atoms with E-state index >= 15 is 0 Å². The number of carbonyl (C=O) groups is 3. The van der Waals surface area contributed by atoms with Gasteiger partial charge < -0.3 is 14.8 Å². The number of hydrogen-bond acceptors (Lipinski definition) is 7. The minimum atomic E-state index is -0.959. The molecule has 0 aliphatic carbocycles. The van der Waals surface area contributed by atoms with E-state index in [4.69, 9.17) is 32.7 Å². The van der Waals surface area contributed by atoms with Crippen LogP contribution < -0.4 is 20.2 Å². The number of fused-ring (bicyclic) bond motifs is 1. The lowest BCUT2D eigenvalue weighted by atomic mass is 10.2. The largest absolute Gasteiger partial charge is 0.493 e. The lowest BCUT2D eigenvalue weighted by Gasteiger charge is -2.09. The van der Waals surface area contributed by atoms with E-state index in [2.05, 4.69) is 15.8 Å². The Morgan fingerprint density at radius 1 is 0.944 bits per heavy atom. The molecule has 0 atom stereocenters. The maximum atomic E-state index is 12.7. The van der Waals surface area contributed by atoms with Crippen molar-refractivity contribution in [1.29, 1.82) is 0 Å². The van der Waals surface area contributed by atoms with E-state index in [1.807, 2.05) is 24.3 Å². The molecule has 0 unspecified atom stereocenters. The van der Waals surface area contributed by atoms with E-state index in [1.165, 1.54) is 30.7 Å². The second-order valence-electron chi connectivity index (χ2n) is 7.20. The van der Waals surface area contributed by atoms with E-state index in [1.54, 1.807) is 36.4 Å². The summed E-state index contributed by atoms with van der Waals surface area (Å²) in [6.07, 6.45) is 1.31. The Labute approximate surface area is 219 Å². The number of thiophene rings is 1. The summed E-state index contributed by atoms with van der Waals surface area (Å²) >= 11 is 13.4. The van der Waals surface area contributed by atoms with E-state index < -0.39 is 17.8 Å². The number of esters is 1. The second-order valence-corrected chi connectivity index (χ2v) is 9.07. The minimum Gasteiger partial charge on any atom is -0.493 e. The zero-order chi connectivity index (χ0) is 25.7. The Balaban J connectivity index is 1.39. The summed E-state index contributed by atoms with van der Waals surface area (Å²) in [5.41, 5.74) is 3.07. The Hall–Kier alpha value is -3.92. The average molecular weight is 542 g/mol. The van der Waals surface area contributed by atoms with Gasteiger partial charge in [-0.15, -0.1) is 11.3 Å². The molecule has 0 radical (unpaired) electrons. The van der Waals surface area contributed by atoms with Crippen molar-refractivity contribution in [3.05, 3.63) is 87.2 Å². The van der Waals surface area contributed by atoms with Crippen molar-refractivity contribution in [3.63, 3.8) is 0 Å². The Bertz CT molecular complexity index is 1490. The zero-order valence-corrected chi connectivity index (χ0v) is 20.9. The molecular formula is C25H17Cl2N3O5S. The van der Waals surface area contributed by atoms with Crippen molar-refractivity contribution in [2.45, 2.75) is 0 Å². The molecule has 0 saturated carbocycles.